The molecule has 0 radical (unpaired) electrons. The van der Waals surface area contributed by atoms with Gasteiger partial charge >= 0.3 is 11.9 Å². The highest BCUT2D eigenvalue weighted by Crippen LogP contribution is 2.38. The summed E-state index contributed by atoms with van der Waals surface area (Å²) in [7, 11) is 0. The Balaban J connectivity index is 1.94. The van der Waals surface area contributed by atoms with Crippen molar-refractivity contribution in [3.8, 4) is 11.5 Å². The topological polar surface area (TPSA) is 74.2 Å². The number of halogens is 2. The molecule has 2 aromatic carbocycles. The lowest BCUT2D eigenvalue weighted by molar-refractivity contribution is -0.134. The smallest absolute Gasteiger partial charge is 0.363 e. The van der Waals surface area contributed by atoms with E-state index in [1.807, 2.05) is 19.1 Å². The second kappa shape index (κ2) is 9.91. The lowest BCUT2D eigenvalue weighted by Gasteiger charge is -2.13. The average Bonchev–Trinajstić information content (AvgIpc) is 3.05. The predicted octanol–water partition coefficient (Wildman–Crippen LogP) is 5.55. The number of carbonyl (C=O) groups excluding carboxylic acids is 2. The maximum Gasteiger partial charge on any atom is 0.363 e. The van der Waals surface area contributed by atoms with E-state index in [1.54, 1.807) is 37.3 Å². The number of hydrogen-bond acceptors (Lipinski definition) is 6. The van der Waals surface area contributed by atoms with Gasteiger partial charge in [-0.05, 0) is 55.3 Å². The van der Waals surface area contributed by atoms with Crippen LogP contribution >= 0.6 is 27.5 Å². The Kier molecular flexibility index (Phi) is 7.29. The first kappa shape index (κ1) is 22.1. The van der Waals surface area contributed by atoms with Crippen LogP contribution in [0.1, 0.15) is 37.8 Å². The largest absolute Gasteiger partial charge is 0.490 e. The van der Waals surface area contributed by atoms with Crippen LogP contribution in [-0.2, 0) is 14.3 Å². The molecule has 6 nitrogen and oxygen atoms in total. The maximum absolute atomic E-state index is 12.3. The minimum Gasteiger partial charge on any atom is -0.490 e. The third-order valence-corrected chi connectivity index (χ3v) is 4.77. The van der Waals surface area contributed by atoms with Gasteiger partial charge in [0.05, 0.1) is 11.6 Å². The van der Waals surface area contributed by atoms with Crippen LogP contribution < -0.4 is 9.47 Å². The van der Waals surface area contributed by atoms with Gasteiger partial charge < -0.3 is 14.2 Å². The third kappa shape index (κ3) is 5.29. The van der Waals surface area contributed by atoms with Crippen molar-refractivity contribution < 1.29 is 23.8 Å². The van der Waals surface area contributed by atoms with Gasteiger partial charge in [0.25, 0.3) is 0 Å². The average molecular weight is 493 g/mol. The zero-order valence-corrected chi connectivity index (χ0v) is 18.7. The molecule has 1 aliphatic heterocycles. The molecule has 1 aliphatic rings. The van der Waals surface area contributed by atoms with E-state index in [2.05, 4.69) is 20.9 Å². The number of aliphatic imine (C=N–C) groups is 1. The van der Waals surface area contributed by atoms with Crippen LogP contribution in [0.2, 0.25) is 5.02 Å². The fourth-order valence-corrected chi connectivity index (χ4v) is 3.37. The Morgan fingerprint density at radius 1 is 1.27 bits per heavy atom. The highest BCUT2D eigenvalue weighted by Gasteiger charge is 2.25. The third-order valence-electron chi connectivity index (χ3n) is 4.00. The van der Waals surface area contributed by atoms with Gasteiger partial charge in [-0.3, -0.25) is 4.79 Å². The van der Waals surface area contributed by atoms with Crippen molar-refractivity contribution in [2.45, 2.75) is 26.7 Å². The molecule has 156 valence electrons. The van der Waals surface area contributed by atoms with Crippen molar-refractivity contribution in [2.24, 2.45) is 4.99 Å². The van der Waals surface area contributed by atoms with Crippen molar-refractivity contribution in [3.05, 3.63) is 62.7 Å². The number of cyclic esters (lactones) is 1. The fraction of sp³-hybridized carbons (Fsp3) is 0.227. The molecule has 0 fully saturated rings. The molecule has 0 saturated carbocycles. The molecule has 0 aromatic heterocycles. The molecular weight excluding hydrogens is 474 g/mol. The van der Waals surface area contributed by atoms with Crippen LogP contribution in [0.3, 0.4) is 0 Å². The number of rotatable bonds is 7. The maximum atomic E-state index is 12.3. The summed E-state index contributed by atoms with van der Waals surface area (Å²) >= 11 is 9.72. The summed E-state index contributed by atoms with van der Waals surface area (Å²) in [4.78, 5) is 28.5. The van der Waals surface area contributed by atoms with Crippen molar-refractivity contribution in [1.82, 2.24) is 0 Å². The van der Waals surface area contributed by atoms with E-state index in [-0.39, 0.29) is 28.8 Å². The standard InChI is InChI=1S/C22H19BrClNO5/c1-3-6-19(26)29-20-16(24)9-13(11-18(20)28-4-2)10-17-22(27)30-21(25-17)14-7-5-8-15(23)12-14/h5,7-12H,3-4,6H2,1-2H3/b17-10-. The molecule has 1 heterocycles. The van der Waals surface area contributed by atoms with Gasteiger partial charge in [-0.2, -0.15) is 0 Å². The number of carbonyl (C=O) groups is 2. The first-order valence-electron chi connectivity index (χ1n) is 9.36. The van der Waals surface area contributed by atoms with Crippen LogP contribution in [0.4, 0.5) is 0 Å². The van der Waals surface area contributed by atoms with Crippen molar-refractivity contribution in [2.75, 3.05) is 6.61 Å². The molecular formula is C22H19BrClNO5. The predicted molar refractivity (Wildman–Crippen MR) is 118 cm³/mol. The number of esters is 2. The van der Waals surface area contributed by atoms with E-state index >= 15 is 0 Å². The van der Waals surface area contributed by atoms with Gasteiger partial charge in [0.2, 0.25) is 5.90 Å². The quantitative estimate of drug-likeness (QED) is 0.288. The molecule has 0 saturated heterocycles. The summed E-state index contributed by atoms with van der Waals surface area (Å²) in [6, 6.07) is 10.5. The number of hydrogen-bond donors (Lipinski definition) is 0. The minimum absolute atomic E-state index is 0.124. The van der Waals surface area contributed by atoms with Gasteiger partial charge in [0.15, 0.2) is 17.2 Å². The normalized spacial score (nSPS) is 14.5. The molecule has 30 heavy (non-hydrogen) atoms. The molecule has 3 rings (SSSR count). The highest BCUT2D eigenvalue weighted by molar-refractivity contribution is 9.10. The molecule has 2 aromatic rings. The fourth-order valence-electron chi connectivity index (χ4n) is 2.71. The monoisotopic (exact) mass is 491 g/mol. The lowest BCUT2D eigenvalue weighted by Crippen LogP contribution is -2.09. The SMILES string of the molecule is CCCC(=O)Oc1c(Cl)cc(/C=C2\N=C(c3cccc(Br)c3)OC2=O)cc1OCC. The Labute approximate surface area is 187 Å². The van der Waals surface area contributed by atoms with E-state index in [1.165, 1.54) is 0 Å². The highest BCUT2D eigenvalue weighted by atomic mass is 79.9. The van der Waals surface area contributed by atoms with Gasteiger partial charge in [0, 0.05) is 16.5 Å². The molecule has 0 N–H and O–H groups in total. The second-order valence-electron chi connectivity index (χ2n) is 6.33. The Morgan fingerprint density at radius 2 is 2.07 bits per heavy atom. The first-order valence-corrected chi connectivity index (χ1v) is 10.5. The van der Waals surface area contributed by atoms with E-state index in [4.69, 9.17) is 25.8 Å². The number of benzene rings is 2. The summed E-state index contributed by atoms with van der Waals surface area (Å²) in [5.74, 6) is -0.282. The summed E-state index contributed by atoms with van der Waals surface area (Å²) in [5, 5.41) is 0.194. The molecule has 0 aliphatic carbocycles. The van der Waals surface area contributed by atoms with E-state index in [0.717, 1.165) is 4.47 Å². The molecule has 8 heteroatoms. The Hall–Kier alpha value is -2.64. The van der Waals surface area contributed by atoms with Crippen LogP contribution in [0, 0.1) is 0 Å². The van der Waals surface area contributed by atoms with Crippen molar-refractivity contribution in [1.29, 1.82) is 0 Å². The van der Waals surface area contributed by atoms with Crippen LogP contribution in [0.15, 0.2) is 51.6 Å². The summed E-state index contributed by atoms with van der Waals surface area (Å²) < 4.78 is 17.1. The Bertz CT molecular complexity index is 1050. The molecule has 0 unspecified atom stereocenters. The second-order valence-corrected chi connectivity index (χ2v) is 7.66. The number of nitrogens with zero attached hydrogens (tertiary/aromatic N) is 1. The lowest BCUT2D eigenvalue weighted by atomic mass is 10.1. The zero-order chi connectivity index (χ0) is 21.7. The first-order chi connectivity index (χ1) is 14.4. The van der Waals surface area contributed by atoms with Crippen LogP contribution in [0.5, 0.6) is 11.5 Å². The van der Waals surface area contributed by atoms with Crippen LogP contribution in [0.25, 0.3) is 6.08 Å². The molecule has 0 bridgehead atoms. The van der Waals surface area contributed by atoms with E-state index < -0.39 is 11.9 Å². The van der Waals surface area contributed by atoms with Crippen molar-refractivity contribution >= 4 is 51.4 Å². The summed E-state index contributed by atoms with van der Waals surface area (Å²) in [6.45, 7) is 4.03. The molecule has 0 spiro atoms. The van der Waals surface area contributed by atoms with Crippen LogP contribution in [-0.4, -0.2) is 24.4 Å². The molecule has 0 atom stereocenters. The minimum atomic E-state index is -0.572. The van der Waals surface area contributed by atoms with Gasteiger partial charge in [-0.1, -0.05) is 40.5 Å². The van der Waals surface area contributed by atoms with E-state index in [0.29, 0.717) is 29.9 Å². The molecule has 0 amide bonds. The Morgan fingerprint density at radius 3 is 2.77 bits per heavy atom. The van der Waals surface area contributed by atoms with Gasteiger partial charge in [-0.15, -0.1) is 0 Å². The van der Waals surface area contributed by atoms with Gasteiger partial charge in [-0.25, -0.2) is 9.79 Å². The zero-order valence-electron chi connectivity index (χ0n) is 16.4. The van der Waals surface area contributed by atoms with Crippen molar-refractivity contribution in [3.63, 3.8) is 0 Å². The van der Waals surface area contributed by atoms with E-state index in [9.17, 15) is 9.59 Å². The van der Waals surface area contributed by atoms with Gasteiger partial charge in [0.1, 0.15) is 0 Å². The summed E-state index contributed by atoms with van der Waals surface area (Å²) in [6.07, 6.45) is 2.47. The number of ether oxygens (including phenoxy) is 3. The summed E-state index contributed by atoms with van der Waals surface area (Å²) in [5.41, 5.74) is 1.36.